The van der Waals surface area contributed by atoms with Crippen LogP contribution in [0.4, 0.5) is 0 Å². The molecular weight excluding hydrogens is 314 g/mol. The molecule has 0 heterocycles. The second-order valence-electron chi connectivity index (χ2n) is 6.71. The summed E-state index contributed by atoms with van der Waals surface area (Å²) in [6, 6.07) is 6.23. The Balaban J connectivity index is 1.84. The van der Waals surface area contributed by atoms with E-state index in [1.807, 2.05) is 6.92 Å². The minimum Gasteiger partial charge on any atom is -0.347 e. The predicted molar refractivity (Wildman–Crippen MR) is 100 cm³/mol. The molecule has 1 unspecified atom stereocenters. The van der Waals surface area contributed by atoms with Crippen LogP contribution >= 0.6 is 0 Å². The summed E-state index contributed by atoms with van der Waals surface area (Å²) in [6.45, 7) is 9.21. The van der Waals surface area contributed by atoms with E-state index in [0.717, 1.165) is 38.0 Å². The molecule has 5 nitrogen and oxygen atoms in total. The van der Waals surface area contributed by atoms with Crippen LogP contribution in [-0.4, -0.2) is 42.9 Å². The number of nitrogens with zero attached hydrogens (tertiary/aromatic N) is 1. The highest BCUT2D eigenvalue weighted by atomic mass is 16.2. The Hall–Kier alpha value is -1.88. The van der Waals surface area contributed by atoms with Gasteiger partial charge >= 0.3 is 11.8 Å². The maximum absolute atomic E-state index is 12.1. The zero-order valence-corrected chi connectivity index (χ0v) is 15.7. The lowest BCUT2D eigenvalue weighted by Crippen LogP contribution is -2.43. The maximum atomic E-state index is 12.1. The van der Waals surface area contributed by atoms with Crippen molar-refractivity contribution in [3.8, 4) is 0 Å². The Morgan fingerprint density at radius 2 is 1.76 bits per heavy atom. The van der Waals surface area contributed by atoms with Gasteiger partial charge in [0.25, 0.3) is 0 Å². The fourth-order valence-electron chi connectivity index (χ4n) is 3.32. The highest BCUT2D eigenvalue weighted by Gasteiger charge is 2.18. The SMILES string of the molecule is CCN(CC)CCNC(=O)C(=O)NC(C)c1ccc2c(c1)CCCC2. The van der Waals surface area contributed by atoms with Gasteiger partial charge in [-0.3, -0.25) is 9.59 Å². The average molecular weight is 345 g/mol. The summed E-state index contributed by atoms with van der Waals surface area (Å²) in [6.07, 6.45) is 4.74. The van der Waals surface area contributed by atoms with Crippen LogP contribution in [0.2, 0.25) is 0 Å². The summed E-state index contributed by atoms with van der Waals surface area (Å²) in [4.78, 5) is 26.3. The summed E-state index contributed by atoms with van der Waals surface area (Å²) < 4.78 is 0. The lowest BCUT2D eigenvalue weighted by Gasteiger charge is -2.20. The first-order chi connectivity index (χ1) is 12.0. The molecule has 2 N–H and O–H groups in total. The fourth-order valence-corrected chi connectivity index (χ4v) is 3.32. The minimum absolute atomic E-state index is 0.173. The van der Waals surface area contributed by atoms with E-state index in [4.69, 9.17) is 0 Å². The third-order valence-corrected chi connectivity index (χ3v) is 5.03. The maximum Gasteiger partial charge on any atom is 0.309 e. The molecule has 2 rings (SSSR count). The van der Waals surface area contributed by atoms with E-state index in [0.29, 0.717) is 6.54 Å². The zero-order chi connectivity index (χ0) is 18.2. The van der Waals surface area contributed by atoms with Crippen LogP contribution < -0.4 is 10.6 Å². The number of rotatable bonds is 7. The summed E-state index contributed by atoms with van der Waals surface area (Å²) in [5.74, 6) is -1.12. The Morgan fingerprint density at radius 1 is 1.08 bits per heavy atom. The van der Waals surface area contributed by atoms with Gasteiger partial charge in [-0.15, -0.1) is 0 Å². The smallest absolute Gasteiger partial charge is 0.309 e. The van der Waals surface area contributed by atoms with Crippen molar-refractivity contribution >= 4 is 11.8 Å². The largest absolute Gasteiger partial charge is 0.347 e. The standard InChI is InChI=1S/C20H31N3O2/c1-4-23(5-2)13-12-21-19(24)20(25)22-15(3)17-11-10-16-8-6-7-9-18(16)14-17/h10-11,14-15H,4-9,12-13H2,1-3H3,(H,21,24)(H,22,25). The van der Waals surface area contributed by atoms with Crippen molar-refractivity contribution in [3.63, 3.8) is 0 Å². The molecule has 0 radical (unpaired) electrons. The van der Waals surface area contributed by atoms with Crippen molar-refractivity contribution in [1.29, 1.82) is 0 Å². The number of amides is 2. The highest BCUT2D eigenvalue weighted by Crippen LogP contribution is 2.24. The molecule has 138 valence electrons. The van der Waals surface area contributed by atoms with Gasteiger partial charge in [0, 0.05) is 13.1 Å². The summed E-state index contributed by atoms with van der Waals surface area (Å²) >= 11 is 0. The van der Waals surface area contributed by atoms with Gasteiger partial charge in [0.2, 0.25) is 0 Å². The van der Waals surface area contributed by atoms with Gasteiger partial charge in [-0.05, 0) is 62.4 Å². The second-order valence-corrected chi connectivity index (χ2v) is 6.71. The van der Waals surface area contributed by atoms with Gasteiger partial charge < -0.3 is 15.5 Å². The first-order valence-corrected chi connectivity index (χ1v) is 9.47. The van der Waals surface area contributed by atoms with Gasteiger partial charge in [0.05, 0.1) is 6.04 Å². The molecule has 0 bridgehead atoms. The van der Waals surface area contributed by atoms with E-state index < -0.39 is 11.8 Å². The molecule has 1 aliphatic rings. The number of hydrogen-bond acceptors (Lipinski definition) is 3. The van der Waals surface area contributed by atoms with Gasteiger partial charge in [-0.1, -0.05) is 32.0 Å². The first kappa shape index (κ1) is 19.4. The zero-order valence-electron chi connectivity index (χ0n) is 15.7. The van der Waals surface area contributed by atoms with Crippen molar-refractivity contribution in [2.24, 2.45) is 0 Å². The summed E-state index contributed by atoms with van der Waals surface area (Å²) in [5.41, 5.74) is 3.86. The van der Waals surface area contributed by atoms with Crippen molar-refractivity contribution in [2.45, 2.75) is 52.5 Å². The number of aryl methyl sites for hydroxylation is 2. The van der Waals surface area contributed by atoms with Gasteiger partial charge in [0.15, 0.2) is 0 Å². The van der Waals surface area contributed by atoms with E-state index in [9.17, 15) is 9.59 Å². The molecule has 1 aromatic rings. The molecule has 0 saturated carbocycles. The molecule has 0 aromatic heterocycles. The Kier molecular flexibility index (Phi) is 7.44. The summed E-state index contributed by atoms with van der Waals surface area (Å²) in [7, 11) is 0. The third-order valence-electron chi connectivity index (χ3n) is 5.03. The Bertz CT molecular complexity index is 597. The molecule has 2 amide bonds. The molecule has 0 fully saturated rings. The van der Waals surface area contributed by atoms with Crippen LogP contribution in [0.5, 0.6) is 0 Å². The highest BCUT2D eigenvalue weighted by molar-refractivity contribution is 6.35. The van der Waals surface area contributed by atoms with Crippen LogP contribution in [0.25, 0.3) is 0 Å². The molecule has 1 aromatic carbocycles. The van der Waals surface area contributed by atoms with Crippen LogP contribution in [0, 0.1) is 0 Å². The number of hydrogen-bond donors (Lipinski definition) is 2. The monoisotopic (exact) mass is 345 g/mol. The number of carbonyl (C=O) groups is 2. The molecular formula is C20H31N3O2. The van der Waals surface area contributed by atoms with Crippen molar-refractivity contribution < 1.29 is 9.59 Å². The van der Waals surface area contributed by atoms with Gasteiger partial charge in [-0.25, -0.2) is 0 Å². The van der Waals surface area contributed by atoms with Crippen LogP contribution in [0.1, 0.15) is 56.3 Å². The number of carbonyl (C=O) groups excluding carboxylic acids is 2. The first-order valence-electron chi connectivity index (χ1n) is 9.47. The van der Waals surface area contributed by atoms with Crippen LogP contribution in [-0.2, 0) is 22.4 Å². The quantitative estimate of drug-likeness (QED) is 0.745. The van der Waals surface area contributed by atoms with Crippen molar-refractivity contribution in [1.82, 2.24) is 15.5 Å². The number of nitrogens with one attached hydrogen (secondary N) is 2. The van der Waals surface area contributed by atoms with Gasteiger partial charge in [0.1, 0.15) is 0 Å². The van der Waals surface area contributed by atoms with E-state index in [-0.39, 0.29) is 6.04 Å². The molecule has 0 spiro atoms. The molecule has 0 aliphatic heterocycles. The predicted octanol–water partition coefficient (Wildman–Crippen LogP) is 2.20. The Morgan fingerprint density at radius 3 is 2.44 bits per heavy atom. The third kappa shape index (κ3) is 5.56. The second kappa shape index (κ2) is 9.56. The average Bonchev–Trinajstić information content (AvgIpc) is 2.64. The molecule has 0 saturated heterocycles. The minimum atomic E-state index is -0.565. The van der Waals surface area contributed by atoms with Crippen molar-refractivity contribution in [3.05, 3.63) is 34.9 Å². The van der Waals surface area contributed by atoms with E-state index in [1.165, 1.54) is 24.0 Å². The normalized spacial score (nSPS) is 14.7. The molecule has 5 heteroatoms. The number of likely N-dealkylation sites (N-methyl/N-ethyl adjacent to an activating group) is 1. The van der Waals surface area contributed by atoms with Gasteiger partial charge in [-0.2, -0.15) is 0 Å². The number of benzene rings is 1. The summed E-state index contributed by atoms with van der Waals surface area (Å²) in [5, 5.41) is 5.50. The topological polar surface area (TPSA) is 61.4 Å². The molecule has 1 aliphatic carbocycles. The molecule has 1 atom stereocenters. The lowest BCUT2D eigenvalue weighted by atomic mass is 9.89. The Labute approximate surface area is 151 Å². The van der Waals surface area contributed by atoms with E-state index in [1.54, 1.807) is 0 Å². The van der Waals surface area contributed by atoms with Crippen LogP contribution in [0.3, 0.4) is 0 Å². The number of fused-ring (bicyclic) bond motifs is 1. The lowest BCUT2D eigenvalue weighted by molar-refractivity contribution is -0.139. The van der Waals surface area contributed by atoms with E-state index >= 15 is 0 Å². The molecule has 25 heavy (non-hydrogen) atoms. The van der Waals surface area contributed by atoms with Crippen molar-refractivity contribution in [2.75, 3.05) is 26.2 Å². The fraction of sp³-hybridized carbons (Fsp3) is 0.600. The van der Waals surface area contributed by atoms with Crippen LogP contribution in [0.15, 0.2) is 18.2 Å². The van der Waals surface area contributed by atoms with E-state index in [2.05, 4.69) is 47.6 Å².